The number of aliphatic carboxylic acids is 1. The predicted molar refractivity (Wildman–Crippen MR) is 225 cm³/mol. The third-order valence-electron chi connectivity index (χ3n) is 9.76. The molecule has 314 valence electrons. The highest BCUT2D eigenvalue weighted by Gasteiger charge is 2.31. The molecule has 0 bridgehead atoms. The van der Waals surface area contributed by atoms with E-state index in [2.05, 4.69) is 50.3 Å². The lowest BCUT2D eigenvalue weighted by atomic mass is 10.1. The van der Waals surface area contributed by atoms with Gasteiger partial charge in [0.05, 0.1) is 34.4 Å². The highest BCUT2D eigenvalue weighted by atomic mass is 16.6. The normalized spacial score (nSPS) is 13.3. The van der Waals surface area contributed by atoms with E-state index in [-0.39, 0.29) is 36.2 Å². The zero-order valence-corrected chi connectivity index (χ0v) is 35.7. The number of ether oxygens (including phenoxy) is 3. The van der Waals surface area contributed by atoms with E-state index < -0.39 is 18.1 Å². The van der Waals surface area contributed by atoms with Crippen LogP contribution in [0.1, 0.15) is 187 Å². The lowest BCUT2D eigenvalue weighted by Gasteiger charge is -2.31. The highest BCUT2D eigenvalue weighted by molar-refractivity contribution is 5.72. The second kappa shape index (κ2) is 37.5. The Bertz CT molecular complexity index is 984. The Hall–Kier alpha value is -2.45. The van der Waals surface area contributed by atoms with Gasteiger partial charge in [-0.05, 0) is 64.2 Å². The monoisotopic (exact) mass is 763 g/mol. The first-order valence-corrected chi connectivity index (χ1v) is 22.0. The number of nitrogens with zero attached hydrogens (tertiary/aromatic N) is 1. The van der Waals surface area contributed by atoms with E-state index in [1.807, 2.05) is 21.1 Å². The highest BCUT2D eigenvalue weighted by Crippen LogP contribution is 2.14. The lowest BCUT2D eigenvalue weighted by Crippen LogP contribution is -2.50. The molecule has 54 heavy (non-hydrogen) atoms. The van der Waals surface area contributed by atoms with Gasteiger partial charge < -0.3 is 23.8 Å². The molecule has 0 rings (SSSR count). The number of esters is 2. The summed E-state index contributed by atoms with van der Waals surface area (Å²) in [7, 11) is 5.52. The van der Waals surface area contributed by atoms with Crippen molar-refractivity contribution in [1.29, 1.82) is 0 Å². The molecule has 0 aliphatic carbocycles. The number of rotatable bonds is 39. The van der Waals surface area contributed by atoms with Gasteiger partial charge in [-0.25, -0.2) is 4.79 Å². The van der Waals surface area contributed by atoms with Crippen LogP contribution in [0.2, 0.25) is 0 Å². The van der Waals surface area contributed by atoms with Gasteiger partial charge in [-0.15, -0.1) is 0 Å². The molecule has 1 N–H and O–H groups in total. The van der Waals surface area contributed by atoms with Crippen molar-refractivity contribution in [2.24, 2.45) is 0 Å². The Morgan fingerprint density at radius 3 is 1.50 bits per heavy atom. The van der Waals surface area contributed by atoms with Gasteiger partial charge in [0, 0.05) is 19.3 Å². The maximum absolute atomic E-state index is 12.7. The molecule has 0 aromatic rings. The zero-order chi connectivity index (χ0) is 40.0. The molecule has 0 aromatic carbocycles. The average Bonchev–Trinajstić information content (AvgIpc) is 3.12. The predicted octanol–water partition coefficient (Wildman–Crippen LogP) is 11.9. The van der Waals surface area contributed by atoms with E-state index in [0.29, 0.717) is 19.3 Å². The summed E-state index contributed by atoms with van der Waals surface area (Å²) in [4.78, 5) is 36.9. The van der Waals surface area contributed by atoms with Crippen LogP contribution < -0.4 is 0 Å². The van der Waals surface area contributed by atoms with Crippen molar-refractivity contribution in [3.8, 4) is 0 Å². The Labute approximate surface area is 332 Å². The van der Waals surface area contributed by atoms with Gasteiger partial charge >= 0.3 is 17.9 Å². The van der Waals surface area contributed by atoms with Crippen LogP contribution in [0.4, 0.5) is 0 Å². The number of carboxylic acid groups (broad SMARTS) is 1. The second-order valence-corrected chi connectivity index (χ2v) is 15.9. The quantitative estimate of drug-likeness (QED) is 0.0288. The number of hydrogen-bond donors (Lipinski definition) is 1. The second-order valence-electron chi connectivity index (χ2n) is 15.9. The third kappa shape index (κ3) is 35.3. The number of carbonyl (C=O) groups is 3. The van der Waals surface area contributed by atoms with Crippen LogP contribution in [-0.2, 0) is 28.6 Å². The van der Waals surface area contributed by atoms with Crippen LogP contribution in [0.5, 0.6) is 0 Å². The summed E-state index contributed by atoms with van der Waals surface area (Å²) in [5.74, 6) is -1.48. The van der Waals surface area contributed by atoms with Crippen molar-refractivity contribution in [2.45, 2.75) is 199 Å². The van der Waals surface area contributed by atoms with Crippen LogP contribution in [0, 0.1) is 0 Å². The van der Waals surface area contributed by atoms with E-state index in [1.54, 1.807) is 0 Å². The summed E-state index contributed by atoms with van der Waals surface area (Å²) in [5, 5.41) is 9.61. The molecule has 0 amide bonds. The molecule has 0 fully saturated rings. The van der Waals surface area contributed by atoms with Gasteiger partial charge in [-0.2, -0.15) is 0 Å². The number of quaternary nitrogens is 1. The van der Waals surface area contributed by atoms with Gasteiger partial charge in [0.25, 0.3) is 0 Å². The maximum Gasteiger partial charge on any atom is 0.362 e. The lowest BCUT2D eigenvalue weighted by molar-refractivity contribution is -0.887. The Morgan fingerprint density at radius 2 is 1.00 bits per heavy atom. The fourth-order valence-electron chi connectivity index (χ4n) is 6.28. The van der Waals surface area contributed by atoms with Crippen LogP contribution in [0.25, 0.3) is 0 Å². The Kier molecular flexibility index (Phi) is 35.8. The Morgan fingerprint density at radius 1 is 0.556 bits per heavy atom. The maximum atomic E-state index is 12.7. The van der Waals surface area contributed by atoms with E-state index in [9.17, 15) is 19.5 Å². The summed E-state index contributed by atoms with van der Waals surface area (Å²) in [6.07, 6.45) is 41.8. The molecule has 0 aromatic heterocycles. The summed E-state index contributed by atoms with van der Waals surface area (Å²) in [6.45, 7) is 4.66. The van der Waals surface area contributed by atoms with Gasteiger partial charge in [-0.1, -0.05) is 140 Å². The fraction of sp³-hybridized carbons (Fsp3) is 0.804. The van der Waals surface area contributed by atoms with Gasteiger partial charge in [0.1, 0.15) is 6.61 Å². The number of likely N-dealkylation sites (N-methyl/N-ethyl adjacent to an activating group) is 1. The summed E-state index contributed by atoms with van der Waals surface area (Å²) in [6, 6.07) is -0.615. The molecule has 0 radical (unpaired) electrons. The molecule has 0 saturated carbocycles. The van der Waals surface area contributed by atoms with E-state index in [1.165, 1.54) is 96.3 Å². The summed E-state index contributed by atoms with van der Waals surface area (Å²) in [5.41, 5.74) is 0. The molecule has 8 heteroatoms. The number of hydrogen-bond acceptors (Lipinski definition) is 6. The van der Waals surface area contributed by atoms with Crippen molar-refractivity contribution in [2.75, 3.05) is 41.0 Å². The minimum Gasteiger partial charge on any atom is -0.477 e. The molecule has 2 unspecified atom stereocenters. The van der Waals surface area contributed by atoms with E-state index in [4.69, 9.17) is 14.2 Å². The minimum absolute atomic E-state index is 0.0561. The van der Waals surface area contributed by atoms with E-state index >= 15 is 0 Å². The van der Waals surface area contributed by atoms with Crippen molar-refractivity contribution in [3.63, 3.8) is 0 Å². The number of carboxylic acids is 1. The third-order valence-corrected chi connectivity index (χ3v) is 9.76. The molecular weight excluding hydrogens is 679 g/mol. The van der Waals surface area contributed by atoms with Crippen LogP contribution in [0.15, 0.2) is 36.5 Å². The SMILES string of the molecule is CCCC/C=C\CCCCCCCC(=O)OCC(COCCC(C(=O)O)[N+](C)(C)C)OC(=O)CCCCCCCCCCC/C=C\C/C=C\CCCCC. The fourth-order valence-corrected chi connectivity index (χ4v) is 6.28. The topological polar surface area (TPSA) is 99.1 Å². The first-order valence-electron chi connectivity index (χ1n) is 22.0. The number of carbonyl (C=O) groups excluding carboxylic acids is 2. The summed E-state index contributed by atoms with van der Waals surface area (Å²) < 4.78 is 17.2. The molecule has 2 atom stereocenters. The minimum atomic E-state index is -0.877. The van der Waals surface area contributed by atoms with Crippen LogP contribution in [0.3, 0.4) is 0 Å². The van der Waals surface area contributed by atoms with Crippen molar-refractivity contribution >= 4 is 17.9 Å². The smallest absolute Gasteiger partial charge is 0.362 e. The molecular formula is C46H84NO7+. The molecule has 0 heterocycles. The average molecular weight is 763 g/mol. The Balaban J connectivity index is 4.31. The van der Waals surface area contributed by atoms with Gasteiger partial charge in [0.2, 0.25) is 0 Å². The molecule has 0 saturated heterocycles. The zero-order valence-electron chi connectivity index (χ0n) is 35.7. The first-order chi connectivity index (χ1) is 26.1. The van der Waals surface area contributed by atoms with Crippen molar-refractivity contribution in [1.82, 2.24) is 0 Å². The largest absolute Gasteiger partial charge is 0.477 e. The molecule has 0 spiro atoms. The van der Waals surface area contributed by atoms with E-state index in [0.717, 1.165) is 57.8 Å². The van der Waals surface area contributed by atoms with Crippen molar-refractivity contribution in [3.05, 3.63) is 36.5 Å². The standard InChI is InChI=1S/C46H83NO7/c1-6-8-10-12-14-16-18-19-20-21-22-23-24-25-27-29-31-33-35-37-45(49)54-42(40-52-39-38-43(46(50)51)47(3,4)5)41-53-44(48)36-34-32-30-28-26-17-15-13-11-9-7-2/h13-16,19-20,42-43H,6-12,17-18,21-41H2,1-5H3/p+1/b15-13-,16-14-,20-19-. The number of unbranched alkanes of at least 4 members (excludes halogenated alkanes) is 19. The molecule has 8 nitrogen and oxygen atoms in total. The number of allylic oxidation sites excluding steroid dienone is 6. The summed E-state index contributed by atoms with van der Waals surface area (Å²) >= 11 is 0. The van der Waals surface area contributed by atoms with Gasteiger partial charge in [-0.3, -0.25) is 9.59 Å². The van der Waals surface area contributed by atoms with Crippen LogP contribution >= 0.6 is 0 Å². The van der Waals surface area contributed by atoms with Gasteiger partial charge in [0.15, 0.2) is 12.1 Å². The van der Waals surface area contributed by atoms with Crippen LogP contribution in [-0.4, -0.2) is 80.6 Å². The first kappa shape index (κ1) is 51.5. The molecule has 0 aliphatic heterocycles. The molecule has 0 aliphatic rings. The van der Waals surface area contributed by atoms with Crippen molar-refractivity contribution < 1.29 is 38.2 Å².